The average Bonchev–Trinajstić information content (AvgIpc) is 3.13. The molecule has 3 heterocycles. The van der Waals surface area contributed by atoms with Crippen LogP contribution in [0.1, 0.15) is 38.8 Å². The molecule has 3 rings (SSSR count). The Balaban J connectivity index is 2.21. The van der Waals surface area contributed by atoms with Gasteiger partial charge in [0, 0.05) is 25.5 Å². The highest BCUT2D eigenvalue weighted by Gasteiger charge is 2.21. The number of fused-ring (bicyclic) bond motifs is 3. The van der Waals surface area contributed by atoms with Crippen molar-refractivity contribution in [2.75, 3.05) is 6.61 Å². The van der Waals surface area contributed by atoms with Crippen molar-refractivity contribution in [1.82, 2.24) is 23.1 Å². The summed E-state index contributed by atoms with van der Waals surface area (Å²) >= 11 is 0. The van der Waals surface area contributed by atoms with Crippen molar-refractivity contribution in [3.05, 3.63) is 32.7 Å². The summed E-state index contributed by atoms with van der Waals surface area (Å²) in [6, 6.07) is 0. The smallest absolute Gasteiger partial charge is 0.332 e. The van der Waals surface area contributed by atoms with Crippen LogP contribution in [0.5, 0.6) is 0 Å². The average molecular weight is 375 g/mol. The summed E-state index contributed by atoms with van der Waals surface area (Å²) in [4.78, 5) is 42.0. The van der Waals surface area contributed by atoms with E-state index < -0.39 is 0 Å². The molecular formula is C18H25N5O4. The second-order valence-corrected chi connectivity index (χ2v) is 6.62. The third-order valence-corrected chi connectivity index (χ3v) is 4.72. The Hall–Kier alpha value is -2.84. The van der Waals surface area contributed by atoms with E-state index in [1.807, 2.05) is 6.92 Å². The molecule has 0 saturated heterocycles. The topological polar surface area (TPSA) is 92.5 Å². The van der Waals surface area contributed by atoms with Crippen LogP contribution in [0.2, 0.25) is 0 Å². The Morgan fingerprint density at radius 2 is 1.93 bits per heavy atom. The molecule has 3 aromatic rings. The SMILES string of the molecule is CCCCCn1c(=O)c2c(nc3n(CC(=O)OCC)c(C)cn23)n(C)c1=O. The third-order valence-electron chi connectivity index (χ3n) is 4.72. The summed E-state index contributed by atoms with van der Waals surface area (Å²) in [5, 5.41) is 0. The molecule has 27 heavy (non-hydrogen) atoms. The molecule has 0 aliphatic rings. The zero-order valence-electron chi connectivity index (χ0n) is 16.2. The molecule has 0 N–H and O–H groups in total. The molecule has 0 fully saturated rings. The van der Waals surface area contributed by atoms with Crippen LogP contribution in [0.4, 0.5) is 0 Å². The second kappa shape index (κ2) is 7.42. The monoisotopic (exact) mass is 375 g/mol. The Bertz CT molecular complexity index is 1120. The second-order valence-electron chi connectivity index (χ2n) is 6.62. The van der Waals surface area contributed by atoms with Crippen LogP contribution in [-0.4, -0.2) is 35.7 Å². The van der Waals surface area contributed by atoms with Gasteiger partial charge in [-0.3, -0.25) is 23.1 Å². The maximum Gasteiger partial charge on any atom is 0.332 e. The van der Waals surface area contributed by atoms with Crippen molar-refractivity contribution in [1.29, 1.82) is 0 Å². The third kappa shape index (κ3) is 3.17. The molecule has 9 heteroatoms. The van der Waals surface area contributed by atoms with Gasteiger partial charge >= 0.3 is 11.7 Å². The summed E-state index contributed by atoms with van der Waals surface area (Å²) in [5.41, 5.74) is 0.694. The molecule has 9 nitrogen and oxygen atoms in total. The van der Waals surface area contributed by atoms with Gasteiger partial charge in [-0.05, 0) is 20.3 Å². The number of hydrogen-bond acceptors (Lipinski definition) is 5. The van der Waals surface area contributed by atoms with Crippen molar-refractivity contribution in [2.24, 2.45) is 7.05 Å². The number of rotatable bonds is 7. The van der Waals surface area contributed by atoms with Crippen molar-refractivity contribution in [3.8, 4) is 0 Å². The molecule has 146 valence electrons. The Kier molecular flexibility index (Phi) is 5.20. The van der Waals surface area contributed by atoms with Crippen LogP contribution in [-0.2, 0) is 29.7 Å². The minimum absolute atomic E-state index is 0.00185. The lowest BCUT2D eigenvalue weighted by Crippen LogP contribution is -2.39. The zero-order chi connectivity index (χ0) is 19.7. The quantitative estimate of drug-likeness (QED) is 0.457. The van der Waals surface area contributed by atoms with Gasteiger partial charge in [0.15, 0.2) is 11.2 Å². The van der Waals surface area contributed by atoms with E-state index in [-0.39, 0.29) is 23.8 Å². The number of hydrogen-bond donors (Lipinski definition) is 0. The lowest BCUT2D eigenvalue weighted by Gasteiger charge is -2.07. The van der Waals surface area contributed by atoms with Crippen LogP contribution in [0.3, 0.4) is 0 Å². The maximum absolute atomic E-state index is 13.0. The van der Waals surface area contributed by atoms with Gasteiger partial charge < -0.3 is 9.30 Å². The Labute approximate surface area is 155 Å². The van der Waals surface area contributed by atoms with Gasteiger partial charge in [0.25, 0.3) is 5.56 Å². The fourth-order valence-corrected chi connectivity index (χ4v) is 3.30. The molecule has 0 radical (unpaired) electrons. The normalized spacial score (nSPS) is 11.6. The first-order chi connectivity index (χ1) is 12.9. The molecule has 0 bridgehead atoms. The van der Waals surface area contributed by atoms with Crippen LogP contribution >= 0.6 is 0 Å². The molecule has 0 atom stereocenters. The van der Waals surface area contributed by atoms with E-state index in [0.717, 1.165) is 25.0 Å². The summed E-state index contributed by atoms with van der Waals surface area (Å²) < 4.78 is 11.0. The van der Waals surface area contributed by atoms with E-state index in [4.69, 9.17) is 4.74 Å². The number of unbranched alkanes of at least 4 members (excludes halogenated alkanes) is 2. The summed E-state index contributed by atoms with van der Waals surface area (Å²) in [6.07, 6.45) is 4.47. The number of imidazole rings is 2. The highest BCUT2D eigenvalue weighted by molar-refractivity contribution is 5.77. The van der Waals surface area contributed by atoms with Crippen LogP contribution in [0.25, 0.3) is 16.9 Å². The van der Waals surface area contributed by atoms with E-state index in [1.54, 1.807) is 29.1 Å². The van der Waals surface area contributed by atoms with E-state index in [2.05, 4.69) is 11.9 Å². The van der Waals surface area contributed by atoms with Gasteiger partial charge in [-0.15, -0.1) is 0 Å². The van der Waals surface area contributed by atoms with Gasteiger partial charge in [-0.2, -0.15) is 4.98 Å². The van der Waals surface area contributed by atoms with Crippen molar-refractivity contribution in [2.45, 2.75) is 53.1 Å². The van der Waals surface area contributed by atoms with Gasteiger partial charge in [0.2, 0.25) is 5.78 Å². The molecule has 3 aromatic heterocycles. The van der Waals surface area contributed by atoms with Gasteiger partial charge in [0.1, 0.15) is 6.54 Å². The number of aromatic nitrogens is 5. The minimum atomic E-state index is -0.378. The standard InChI is InChI=1S/C18H25N5O4/c1-5-7-8-9-21-16(25)14-15(20(4)18(21)26)19-17-22(11-13(24)27-6-2)12(3)10-23(14)17/h10H,5-9,11H2,1-4H3. The summed E-state index contributed by atoms with van der Waals surface area (Å²) in [6.45, 7) is 6.32. The van der Waals surface area contributed by atoms with Crippen molar-refractivity contribution < 1.29 is 9.53 Å². The van der Waals surface area contributed by atoms with Crippen molar-refractivity contribution >= 4 is 22.9 Å². The molecule has 0 amide bonds. The van der Waals surface area contributed by atoms with Crippen molar-refractivity contribution in [3.63, 3.8) is 0 Å². The van der Waals surface area contributed by atoms with E-state index >= 15 is 0 Å². The fraction of sp³-hybridized carbons (Fsp3) is 0.556. The van der Waals surface area contributed by atoms with E-state index in [9.17, 15) is 14.4 Å². The summed E-state index contributed by atoms with van der Waals surface area (Å²) in [7, 11) is 1.61. The number of esters is 1. The first-order valence-corrected chi connectivity index (χ1v) is 9.24. The van der Waals surface area contributed by atoms with Crippen LogP contribution in [0, 0.1) is 6.92 Å². The number of aryl methyl sites for hydroxylation is 2. The predicted molar refractivity (Wildman–Crippen MR) is 101 cm³/mol. The molecular weight excluding hydrogens is 350 g/mol. The molecule has 0 aliphatic carbocycles. The molecule has 0 unspecified atom stereocenters. The fourth-order valence-electron chi connectivity index (χ4n) is 3.30. The first-order valence-electron chi connectivity index (χ1n) is 9.24. The number of carbonyl (C=O) groups excluding carboxylic acids is 1. The highest BCUT2D eigenvalue weighted by Crippen LogP contribution is 2.16. The van der Waals surface area contributed by atoms with Crippen LogP contribution < -0.4 is 11.2 Å². The molecule has 0 saturated carbocycles. The number of ether oxygens (including phenoxy) is 1. The molecule has 0 spiro atoms. The maximum atomic E-state index is 13.0. The Morgan fingerprint density at radius 1 is 1.19 bits per heavy atom. The predicted octanol–water partition coefficient (Wildman–Crippen LogP) is 1.21. The number of nitrogens with zero attached hydrogens (tertiary/aromatic N) is 5. The lowest BCUT2D eigenvalue weighted by atomic mass is 10.2. The first kappa shape index (κ1) is 18.9. The Morgan fingerprint density at radius 3 is 2.59 bits per heavy atom. The van der Waals surface area contributed by atoms with Crippen LogP contribution in [0.15, 0.2) is 15.8 Å². The lowest BCUT2D eigenvalue weighted by molar-refractivity contribution is -0.143. The number of carbonyl (C=O) groups is 1. The zero-order valence-corrected chi connectivity index (χ0v) is 16.2. The highest BCUT2D eigenvalue weighted by atomic mass is 16.5. The summed E-state index contributed by atoms with van der Waals surface area (Å²) in [5.74, 6) is 0.0607. The minimum Gasteiger partial charge on any atom is -0.465 e. The van der Waals surface area contributed by atoms with Gasteiger partial charge in [0.05, 0.1) is 6.61 Å². The van der Waals surface area contributed by atoms with Gasteiger partial charge in [-0.25, -0.2) is 4.79 Å². The van der Waals surface area contributed by atoms with E-state index in [1.165, 1.54) is 9.13 Å². The molecule has 0 aromatic carbocycles. The van der Waals surface area contributed by atoms with Gasteiger partial charge in [-0.1, -0.05) is 19.8 Å². The molecule has 0 aliphatic heterocycles. The van der Waals surface area contributed by atoms with E-state index in [0.29, 0.717) is 30.1 Å². The largest absolute Gasteiger partial charge is 0.465 e.